The summed E-state index contributed by atoms with van der Waals surface area (Å²) in [5, 5.41) is 9.66. The minimum absolute atomic E-state index is 0.00612. The number of nitrogens with zero attached hydrogens (tertiary/aromatic N) is 4. The van der Waals surface area contributed by atoms with E-state index < -0.39 is 0 Å². The second kappa shape index (κ2) is 16.3. The summed E-state index contributed by atoms with van der Waals surface area (Å²) < 4.78 is 11.9. The molecule has 0 aromatic heterocycles. The standard InChI is InChI=1S/C37H48ClN5O3.C2H7N/c1-3-7-34(46-24-37-16-6-18-43(37)30(14-17-37)23-45-25-44)40-36(42-21-28-12-13-29(22-42)39-28)31-15-19-41(20-26(31)2)33-11-5-9-27-8-4-10-32(38)35(27)33;1-3-2/h4-5,7-11,25,28-30,39H,3,6,12-24H2,1-2H3;3H,1-2H3/b34-7-,40-36+;/t28?,29?,30-,37?;/m1./s1. The number of carbonyl (C=O) groups is 1. The molecule has 9 nitrogen and oxygen atoms in total. The van der Waals surface area contributed by atoms with Gasteiger partial charge in [0.15, 0.2) is 0 Å². The van der Waals surface area contributed by atoms with Crippen molar-refractivity contribution in [2.75, 3.05) is 64.9 Å². The van der Waals surface area contributed by atoms with Gasteiger partial charge in [0.25, 0.3) is 6.47 Å². The molecule has 5 aliphatic rings. The number of piperazine rings is 1. The Kier molecular flexibility index (Phi) is 11.9. The predicted molar refractivity (Wildman–Crippen MR) is 200 cm³/mol. The van der Waals surface area contributed by atoms with Crippen LogP contribution in [-0.4, -0.2) is 106 Å². The largest absolute Gasteiger partial charge is 0.476 e. The summed E-state index contributed by atoms with van der Waals surface area (Å²) in [6.45, 7) is 10.8. The van der Waals surface area contributed by atoms with Gasteiger partial charge in [0.05, 0.1) is 10.6 Å². The third-order valence-corrected chi connectivity index (χ3v) is 11.3. The van der Waals surface area contributed by atoms with Crippen LogP contribution < -0.4 is 15.5 Å². The molecule has 2 aromatic rings. The SMILES string of the molecule is CC/C=C(/N=C(\C1=C(C)CN(c2cccc3cccc(Cl)c23)CC1)N1CC2CCC(C1)N2)OCC12CCCN1[C@@H](COC=O)CC2.CNC. The number of halogens is 1. The molecule has 10 heteroatoms. The van der Waals surface area contributed by atoms with Crippen LogP contribution in [0.5, 0.6) is 0 Å². The Morgan fingerprint density at radius 1 is 1.10 bits per heavy atom. The number of hydrogen-bond donors (Lipinski definition) is 2. The van der Waals surface area contributed by atoms with Crippen LogP contribution in [0.25, 0.3) is 10.8 Å². The fourth-order valence-corrected chi connectivity index (χ4v) is 9.11. The van der Waals surface area contributed by atoms with Crippen molar-refractivity contribution in [3.63, 3.8) is 0 Å². The van der Waals surface area contributed by atoms with Crippen LogP contribution in [0.2, 0.25) is 5.02 Å². The van der Waals surface area contributed by atoms with Crippen molar-refractivity contribution >= 4 is 40.4 Å². The summed E-state index contributed by atoms with van der Waals surface area (Å²) >= 11 is 6.75. The number of fused-ring (bicyclic) bond motifs is 4. The molecule has 7 rings (SSSR count). The molecule has 49 heavy (non-hydrogen) atoms. The van der Waals surface area contributed by atoms with Crippen LogP contribution in [-0.2, 0) is 14.3 Å². The van der Waals surface area contributed by atoms with Crippen LogP contribution in [0.4, 0.5) is 5.69 Å². The molecular weight excluding hydrogens is 636 g/mol. The average molecular weight is 691 g/mol. The minimum atomic E-state index is -0.00612. The van der Waals surface area contributed by atoms with Crippen molar-refractivity contribution in [2.45, 2.75) is 88.9 Å². The molecule has 2 N–H and O–H groups in total. The molecule has 0 radical (unpaired) electrons. The van der Waals surface area contributed by atoms with E-state index >= 15 is 0 Å². The molecule has 5 heterocycles. The molecule has 4 fully saturated rings. The summed E-state index contributed by atoms with van der Waals surface area (Å²) in [6, 6.07) is 13.9. The number of benzene rings is 2. The third kappa shape index (κ3) is 7.80. The summed E-state index contributed by atoms with van der Waals surface area (Å²) in [5.41, 5.74) is 3.89. The van der Waals surface area contributed by atoms with Gasteiger partial charge in [-0.1, -0.05) is 42.8 Å². The summed E-state index contributed by atoms with van der Waals surface area (Å²) in [6.07, 6.45) is 10.7. The first-order valence-corrected chi connectivity index (χ1v) is 18.7. The van der Waals surface area contributed by atoms with Gasteiger partial charge in [0.2, 0.25) is 5.88 Å². The maximum atomic E-state index is 10.9. The van der Waals surface area contributed by atoms with E-state index in [-0.39, 0.29) is 11.6 Å². The highest BCUT2D eigenvalue weighted by atomic mass is 35.5. The minimum Gasteiger partial charge on any atom is -0.476 e. The maximum absolute atomic E-state index is 10.9. The van der Waals surface area contributed by atoms with Crippen molar-refractivity contribution in [1.82, 2.24) is 20.4 Å². The van der Waals surface area contributed by atoms with E-state index in [2.05, 4.69) is 69.5 Å². The van der Waals surface area contributed by atoms with E-state index in [0.29, 0.717) is 31.8 Å². The fraction of sp³-hybridized carbons (Fsp3) is 0.590. The lowest BCUT2D eigenvalue weighted by Crippen LogP contribution is -2.54. The topological polar surface area (TPSA) is 81.7 Å². The lowest BCUT2D eigenvalue weighted by atomic mass is 9.95. The van der Waals surface area contributed by atoms with E-state index in [1.165, 1.54) is 35.1 Å². The lowest BCUT2D eigenvalue weighted by molar-refractivity contribution is -0.130. The zero-order valence-electron chi connectivity index (χ0n) is 29.8. The van der Waals surface area contributed by atoms with Gasteiger partial charge in [-0.3, -0.25) is 9.69 Å². The number of allylic oxidation sites excluding steroid dienone is 1. The quantitative estimate of drug-likeness (QED) is 0.134. The van der Waals surface area contributed by atoms with E-state index in [0.717, 1.165) is 93.4 Å². The molecule has 266 valence electrons. The zero-order chi connectivity index (χ0) is 34.4. The lowest BCUT2D eigenvalue weighted by Gasteiger charge is -2.39. The van der Waals surface area contributed by atoms with Gasteiger partial charge < -0.3 is 29.9 Å². The summed E-state index contributed by atoms with van der Waals surface area (Å²) in [5.74, 6) is 1.83. The molecule has 2 aromatic carbocycles. The molecule has 0 amide bonds. The highest BCUT2D eigenvalue weighted by molar-refractivity contribution is 6.36. The predicted octanol–water partition coefficient (Wildman–Crippen LogP) is 6.13. The van der Waals surface area contributed by atoms with Crippen molar-refractivity contribution in [3.8, 4) is 0 Å². The first-order chi connectivity index (χ1) is 23.9. The molecule has 0 aliphatic carbocycles. The second-order valence-corrected chi connectivity index (χ2v) is 14.8. The Hall–Kier alpha value is -3.11. The molecule has 2 bridgehead atoms. The van der Waals surface area contributed by atoms with Gasteiger partial charge in [0, 0.05) is 55.4 Å². The summed E-state index contributed by atoms with van der Waals surface area (Å²) in [7, 11) is 3.75. The van der Waals surface area contributed by atoms with E-state index in [1.54, 1.807) is 0 Å². The van der Waals surface area contributed by atoms with Crippen molar-refractivity contribution in [2.24, 2.45) is 4.99 Å². The highest BCUT2D eigenvalue weighted by Gasteiger charge is 2.50. The molecule has 5 aliphatic heterocycles. The third-order valence-electron chi connectivity index (χ3n) is 11.0. The highest BCUT2D eigenvalue weighted by Crippen LogP contribution is 2.43. The molecular formula is C39H55ClN6O3. The van der Waals surface area contributed by atoms with Gasteiger partial charge in [-0.05, 0) is 114 Å². The maximum Gasteiger partial charge on any atom is 0.293 e. The second-order valence-electron chi connectivity index (χ2n) is 14.4. The Morgan fingerprint density at radius 2 is 1.86 bits per heavy atom. The zero-order valence-corrected chi connectivity index (χ0v) is 30.6. The molecule has 0 saturated carbocycles. The number of hydrogen-bond acceptors (Lipinski definition) is 8. The Labute approximate surface area is 297 Å². The van der Waals surface area contributed by atoms with E-state index in [9.17, 15) is 4.79 Å². The van der Waals surface area contributed by atoms with Crippen molar-refractivity contribution in [1.29, 1.82) is 0 Å². The number of nitrogens with one attached hydrogen (secondary N) is 2. The fourth-order valence-electron chi connectivity index (χ4n) is 8.83. The van der Waals surface area contributed by atoms with E-state index in [1.807, 2.05) is 26.2 Å². The molecule has 4 atom stereocenters. The Bertz CT molecular complexity index is 1540. The number of amidine groups is 1. The first-order valence-electron chi connectivity index (χ1n) is 18.3. The van der Waals surface area contributed by atoms with E-state index in [4.69, 9.17) is 26.1 Å². The number of likely N-dealkylation sites (tertiary alicyclic amines) is 1. The molecule has 4 saturated heterocycles. The monoisotopic (exact) mass is 690 g/mol. The number of aliphatic imine (C=N–C) groups is 1. The molecule has 3 unspecified atom stereocenters. The smallest absolute Gasteiger partial charge is 0.293 e. The number of ether oxygens (including phenoxy) is 2. The van der Waals surface area contributed by atoms with Crippen molar-refractivity contribution < 1.29 is 14.3 Å². The van der Waals surface area contributed by atoms with Gasteiger partial charge in [-0.25, -0.2) is 0 Å². The van der Waals surface area contributed by atoms with Gasteiger partial charge in [0.1, 0.15) is 19.0 Å². The Morgan fingerprint density at radius 3 is 2.57 bits per heavy atom. The number of anilines is 1. The Balaban J connectivity index is 0.00000134. The van der Waals surface area contributed by atoms with Gasteiger partial charge in [-0.2, -0.15) is 4.99 Å². The van der Waals surface area contributed by atoms with Crippen LogP contribution in [0.15, 0.2) is 64.5 Å². The van der Waals surface area contributed by atoms with Gasteiger partial charge in [-0.15, -0.1) is 0 Å². The van der Waals surface area contributed by atoms with Crippen LogP contribution in [0.3, 0.4) is 0 Å². The van der Waals surface area contributed by atoms with Crippen LogP contribution >= 0.6 is 11.6 Å². The first kappa shape index (κ1) is 35.7. The van der Waals surface area contributed by atoms with Gasteiger partial charge >= 0.3 is 0 Å². The average Bonchev–Trinajstić information content (AvgIpc) is 3.78. The number of carbonyl (C=O) groups excluding carboxylic acids is 1. The van der Waals surface area contributed by atoms with Crippen LogP contribution in [0, 0.1) is 0 Å². The molecule has 0 spiro atoms. The number of rotatable bonds is 10. The summed E-state index contributed by atoms with van der Waals surface area (Å²) in [4.78, 5) is 23.9. The normalized spacial score (nSPS) is 27.3. The van der Waals surface area contributed by atoms with Crippen molar-refractivity contribution in [3.05, 3.63) is 64.5 Å². The van der Waals surface area contributed by atoms with Crippen LogP contribution in [0.1, 0.15) is 65.2 Å².